The summed E-state index contributed by atoms with van der Waals surface area (Å²) in [6.45, 7) is 1.42. The lowest BCUT2D eigenvalue weighted by Gasteiger charge is -2.24. The molecule has 2 fully saturated rings. The van der Waals surface area contributed by atoms with E-state index in [9.17, 15) is 18.8 Å². The number of rotatable bonds is 5. The van der Waals surface area contributed by atoms with Crippen molar-refractivity contribution >= 4 is 5.91 Å². The summed E-state index contributed by atoms with van der Waals surface area (Å²) in [4.78, 5) is 12.3. The molecular formula is C17H18F2N2O2. The third-order valence-electron chi connectivity index (χ3n) is 4.77. The summed E-state index contributed by atoms with van der Waals surface area (Å²) in [5.41, 5.74) is -1.21. The smallest absolute Gasteiger partial charge is 0.225 e. The van der Waals surface area contributed by atoms with Gasteiger partial charge in [0.1, 0.15) is 12.4 Å². The third kappa shape index (κ3) is 3.14. The maximum Gasteiger partial charge on any atom is 0.225 e. The first-order valence-corrected chi connectivity index (χ1v) is 7.75. The van der Waals surface area contributed by atoms with E-state index in [-0.39, 0.29) is 24.2 Å². The molecule has 1 amide bonds. The molecule has 1 N–H and O–H groups in total. The van der Waals surface area contributed by atoms with Gasteiger partial charge in [-0.3, -0.25) is 4.79 Å². The molecule has 0 heterocycles. The Bertz CT molecular complexity index is 663. The summed E-state index contributed by atoms with van der Waals surface area (Å²) in [7, 11) is 0. The van der Waals surface area contributed by atoms with Gasteiger partial charge in [0.15, 0.2) is 17.2 Å². The molecule has 0 radical (unpaired) electrons. The van der Waals surface area contributed by atoms with Crippen LogP contribution in [0.2, 0.25) is 0 Å². The summed E-state index contributed by atoms with van der Waals surface area (Å²) < 4.78 is 31.4. The molecule has 0 bridgehead atoms. The highest BCUT2D eigenvalue weighted by molar-refractivity contribution is 5.83. The van der Waals surface area contributed by atoms with Crippen LogP contribution < -0.4 is 10.1 Å². The van der Waals surface area contributed by atoms with Crippen molar-refractivity contribution in [2.75, 3.05) is 6.61 Å². The number of amides is 1. The average Bonchev–Trinajstić information content (AvgIpc) is 3.02. The summed E-state index contributed by atoms with van der Waals surface area (Å²) in [6, 6.07) is 5.18. The average molecular weight is 320 g/mol. The molecule has 2 aliphatic carbocycles. The molecule has 0 saturated heterocycles. The zero-order chi connectivity index (χ0) is 16.6. The minimum atomic E-state index is -1.21. The Hall–Kier alpha value is -2.16. The standard InChI is InChI=1S/C17H18F2N2O2/c1-17(8-20,9-23-10-5-6-13(18)14(19)7-10)21-16(22)15-11-3-2-4-12(11)15/h5-7,11-12,15H,2-4,9H2,1H3,(H,21,22)/t11-,12+,15?,17-/m1/s1. The lowest BCUT2D eigenvalue weighted by Crippen LogP contribution is -2.50. The molecule has 0 aromatic heterocycles. The molecule has 2 saturated carbocycles. The van der Waals surface area contributed by atoms with E-state index in [1.54, 1.807) is 6.92 Å². The predicted octanol–water partition coefficient (Wildman–Crippen LogP) is 2.79. The van der Waals surface area contributed by atoms with E-state index in [1.165, 1.54) is 12.5 Å². The van der Waals surface area contributed by atoms with Gasteiger partial charge in [-0.05, 0) is 43.7 Å². The second-order valence-corrected chi connectivity index (χ2v) is 6.58. The number of hydrogen-bond acceptors (Lipinski definition) is 3. The SMILES string of the molecule is C[C@@](C#N)(COc1ccc(F)c(F)c1)NC(=O)C1[C@H]2CCC[C@@H]12. The Morgan fingerprint density at radius 3 is 2.70 bits per heavy atom. The van der Waals surface area contributed by atoms with Gasteiger partial charge >= 0.3 is 0 Å². The van der Waals surface area contributed by atoms with Crippen LogP contribution in [-0.2, 0) is 4.79 Å². The van der Waals surface area contributed by atoms with Crippen molar-refractivity contribution in [1.29, 1.82) is 5.26 Å². The van der Waals surface area contributed by atoms with Gasteiger partial charge in [0, 0.05) is 12.0 Å². The summed E-state index contributed by atoms with van der Waals surface area (Å²) >= 11 is 0. The molecule has 1 aromatic rings. The lowest BCUT2D eigenvalue weighted by atomic mass is 10.0. The van der Waals surface area contributed by atoms with Gasteiger partial charge in [-0.1, -0.05) is 6.42 Å². The highest BCUT2D eigenvalue weighted by Gasteiger charge is 2.57. The highest BCUT2D eigenvalue weighted by Crippen LogP contribution is 2.57. The monoisotopic (exact) mass is 320 g/mol. The molecule has 2 aliphatic rings. The fraction of sp³-hybridized carbons (Fsp3) is 0.529. The van der Waals surface area contributed by atoms with Gasteiger partial charge < -0.3 is 10.1 Å². The quantitative estimate of drug-likeness (QED) is 0.907. The van der Waals surface area contributed by atoms with Crippen LogP contribution in [0.3, 0.4) is 0 Å². The Kier molecular flexibility index (Phi) is 3.97. The summed E-state index contributed by atoms with van der Waals surface area (Å²) in [5, 5.41) is 12.1. The molecule has 0 aliphatic heterocycles. The van der Waals surface area contributed by atoms with E-state index in [0.717, 1.165) is 25.0 Å². The van der Waals surface area contributed by atoms with Gasteiger partial charge in [-0.15, -0.1) is 0 Å². The molecule has 1 unspecified atom stereocenters. The zero-order valence-corrected chi connectivity index (χ0v) is 12.8. The number of nitrogens with zero attached hydrogens (tertiary/aromatic N) is 1. The van der Waals surface area contributed by atoms with Gasteiger partial charge in [0.05, 0.1) is 6.07 Å². The van der Waals surface area contributed by atoms with Gasteiger partial charge in [-0.25, -0.2) is 8.78 Å². The van der Waals surface area contributed by atoms with Crippen LogP contribution in [0.4, 0.5) is 8.78 Å². The molecule has 4 atom stereocenters. The number of hydrogen-bond donors (Lipinski definition) is 1. The van der Waals surface area contributed by atoms with Crippen LogP contribution in [0.25, 0.3) is 0 Å². The number of benzene rings is 1. The second-order valence-electron chi connectivity index (χ2n) is 6.58. The molecule has 122 valence electrons. The van der Waals surface area contributed by atoms with Crippen LogP contribution >= 0.6 is 0 Å². The predicted molar refractivity (Wildman–Crippen MR) is 78.3 cm³/mol. The van der Waals surface area contributed by atoms with Crippen LogP contribution in [0.1, 0.15) is 26.2 Å². The normalized spacial score (nSPS) is 27.5. The minimum Gasteiger partial charge on any atom is -0.490 e. The van der Waals surface area contributed by atoms with Gasteiger partial charge in [0.25, 0.3) is 0 Å². The van der Waals surface area contributed by atoms with Crippen molar-refractivity contribution in [2.45, 2.75) is 31.7 Å². The van der Waals surface area contributed by atoms with E-state index in [1.807, 2.05) is 6.07 Å². The number of fused-ring (bicyclic) bond motifs is 1. The Morgan fingerprint density at radius 2 is 2.09 bits per heavy atom. The van der Waals surface area contributed by atoms with E-state index in [4.69, 9.17) is 4.74 Å². The molecule has 1 aromatic carbocycles. The molecule has 4 nitrogen and oxygen atoms in total. The molecular weight excluding hydrogens is 302 g/mol. The number of carbonyl (C=O) groups is 1. The number of nitrogens with one attached hydrogen (secondary N) is 1. The fourth-order valence-electron chi connectivity index (χ4n) is 3.46. The third-order valence-corrected chi connectivity index (χ3v) is 4.77. The fourth-order valence-corrected chi connectivity index (χ4v) is 3.46. The number of halogens is 2. The van der Waals surface area contributed by atoms with E-state index < -0.39 is 17.2 Å². The van der Waals surface area contributed by atoms with E-state index in [2.05, 4.69) is 5.32 Å². The maximum atomic E-state index is 13.1. The number of ether oxygens (including phenoxy) is 1. The first-order chi connectivity index (χ1) is 10.9. The van der Waals surface area contributed by atoms with E-state index in [0.29, 0.717) is 11.8 Å². The van der Waals surface area contributed by atoms with Crippen LogP contribution in [0.5, 0.6) is 5.75 Å². The van der Waals surface area contributed by atoms with Gasteiger partial charge in [0.2, 0.25) is 5.91 Å². The van der Waals surface area contributed by atoms with Crippen molar-refractivity contribution in [1.82, 2.24) is 5.32 Å². The molecule has 6 heteroatoms. The lowest BCUT2D eigenvalue weighted by molar-refractivity contribution is -0.124. The second kappa shape index (κ2) is 5.80. The van der Waals surface area contributed by atoms with Crippen molar-refractivity contribution < 1.29 is 18.3 Å². The number of carbonyl (C=O) groups excluding carboxylic acids is 1. The molecule has 23 heavy (non-hydrogen) atoms. The maximum absolute atomic E-state index is 13.1. The van der Waals surface area contributed by atoms with Crippen molar-refractivity contribution in [3.8, 4) is 11.8 Å². The van der Waals surface area contributed by atoms with Crippen LogP contribution in [-0.4, -0.2) is 18.1 Å². The Balaban J connectivity index is 1.58. The minimum absolute atomic E-state index is 0.0136. The first-order valence-electron chi connectivity index (χ1n) is 7.75. The van der Waals surface area contributed by atoms with Gasteiger partial charge in [-0.2, -0.15) is 5.26 Å². The van der Waals surface area contributed by atoms with Crippen molar-refractivity contribution in [3.05, 3.63) is 29.8 Å². The number of nitriles is 1. The molecule has 3 rings (SSSR count). The van der Waals surface area contributed by atoms with Crippen LogP contribution in [0, 0.1) is 40.7 Å². The van der Waals surface area contributed by atoms with Crippen molar-refractivity contribution in [2.24, 2.45) is 17.8 Å². The van der Waals surface area contributed by atoms with E-state index >= 15 is 0 Å². The molecule has 0 spiro atoms. The largest absolute Gasteiger partial charge is 0.490 e. The van der Waals surface area contributed by atoms with Crippen LogP contribution in [0.15, 0.2) is 18.2 Å². The Morgan fingerprint density at radius 1 is 1.39 bits per heavy atom. The first kappa shape index (κ1) is 15.7. The highest BCUT2D eigenvalue weighted by atomic mass is 19.2. The Labute approximate surface area is 133 Å². The van der Waals surface area contributed by atoms with Crippen molar-refractivity contribution in [3.63, 3.8) is 0 Å². The zero-order valence-electron chi connectivity index (χ0n) is 12.8. The summed E-state index contributed by atoms with van der Waals surface area (Å²) in [6.07, 6.45) is 3.34. The summed E-state index contributed by atoms with van der Waals surface area (Å²) in [5.74, 6) is -1.04. The topological polar surface area (TPSA) is 62.1 Å².